The zero-order valence-electron chi connectivity index (χ0n) is 8.03. The van der Waals surface area contributed by atoms with Crippen molar-refractivity contribution in [2.45, 2.75) is 6.54 Å². The van der Waals surface area contributed by atoms with Crippen LogP contribution >= 0.6 is 11.6 Å². The summed E-state index contributed by atoms with van der Waals surface area (Å²) >= 11 is 5.83. The van der Waals surface area contributed by atoms with Crippen LogP contribution in [0.4, 0.5) is 5.69 Å². The van der Waals surface area contributed by atoms with Gasteiger partial charge in [-0.25, -0.2) is 4.68 Å². The maximum Gasteiger partial charge on any atom is 0.287 e. The summed E-state index contributed by atoms with van der Waals surface area (Å²) in [6.07, 6.45) is 8.10. The van der Waals surface area contributed by atoms with Crippen LogP contribution < -0.4 is 10.9 Å². The first kappa shape index (κ1) is 11.3. The van der Waals surface area contributed by atoms with E-state index in [0.717, 1.165) is 0 Å². The summed E-state index contributed by atoms with van der Waals surface area (Å²) < 4.78 is 1.22. The highest BCUT2D eigenvalue weighted by atomic mass is 35.5. The Morgan fingerprint density at radius 2 is 2.53 bits per heavy atom. The molecule has 0 aliphatic rings. The van der Waals surface area contributed by atoms with E-state index < -0.39 is 0 Å². The van der Waals surface area contributed by atoms with Gasteiger partial charge in [-0.1, -0.05) is 23.6 Å². The Hall–Kier alpha value is -1.73. The highest BCUT2D eigenvalue weighted by molar-refractivity contribution is 6.32. The first-order chi connectivity index (χ1) is 7.20. The van der Waals surface area contributed by atoms with E-state index in [2.05, 4.69) is 22.9 Å². The number of anilines is 1. The zero-order valence-corrected chi connectivity index (χ0v) is 8.79. The molecule has 1 aromatic rings. The lowest BCUT2D eigenvalue weighted by Gasteiger charge is -2.06. The molecule has 1 rings (SSSR count). The maximum absolute atomic E-state index is 11.6. The van der Waals surface area contributed by atoms with E-state index in [-0.39, 0.29) is 10.6 Å². The molecule has 78 valence electrons. The van der Waals surface area contributed by atoms with Crippen molar-refractivity contribution in [1.29, 1.82) is 0 Å². The Morgan fingerprint density at radius 3 is 3.13 bits per heavy atom. The van der Waals surface area contributed by atoms with Crippen LogP contribution in [0.1, 0.15) is 0 Å². The van der Waals surface area contributed by atoms with Crippen molar-refractivity contribution in [2.75, 3.05) is 11.9 Å². The first-order valence-corrected chi connectivity index (χ1v) is 4.62. The number of allylic oxidation sites excluding steroid dienone is 1. The lowest BCUT2D eigenvalue weighted by Crippen LogP contribution is -2.23. The van der Waals surface area contributed by atoms with Crippen molar-refractivity contribution in [3.8, 4) is 12.3 Å². The first-order valence-electron chi connectivity index (χ1n) is 4.24. The van der Waals surface area contributed by atoms with E-state index >= 15 is 0 Å². The van der Waals surface area contributed by atoms with Crippen LogP contribution in [0.2, 0.25) is 5.02 Å². The fourth-order valence-electron chi connectivity index (χ4n) is 0.987. The van der Waals surface area contributed by atoms with Crippen LogP contribution in [-0.2, 0) is 6.54 Å². The third-order valence-corrected chi connectivity index (χ3v) is 2.03. The second-order valence-electron chi connectivity index (χ2n) is 2.71. The normalized spacial score (nSPS) is 9.33. The van der Waals surface area contributed by atoms with Gasteiger partial charge in [0.2, 0.25) is 0 Å². The molecule has 1 heterocycles. The van der Waals surface area contributed by atoms with E-state index in [1.807, 2.05) is 0 Å². The summed E-state index contributed by atoms with van der Waals surface area (Å²) in [6.45, 7) is 4.14. The van der Waals surface area contributed by atoms with Gasteiger partial charge in [-0.2, -0.15) is 5.10 Å². The summed E-state index contributed by atoms with van der Waals surface area (Å²) in [6, 6.07) is 0. The monoisotopic (exact) mass is 223 g/mol. The number of hydrogen-bond acceptors (Lipinski definition) is 3. The summed E-state index contributed by atoms with van der Waals surface area (Å²) in [5.41, 5.74) is 0.0820. The minimum Gasteiger partial charge on any atom is -0.371 e. The molecule has 0 saturated carbocycles. The number of hydrogen-bond donors (Lipinski definition) is 1. The second-order valence-corrected chi connectivity index (χ2v) is 3.08. The Labute approximate surface area is 92.6 Å². The van der Waals surface area contributed by atoms with Crippen molar-refractivity contribution in [2.24, 2.45) is 0 Å². The van der Waals surface area contributed by atoms with E-state index in [1.165, 1.54) is 10.9 Å². The standard InChI is InChI=1S/C10H10ClN3O/c1-3-5-12-8-7-13-14(6-4-2)10(15)9(8)11/h1,4,7,12H,2,5-6H2. The van der Waals surface area contributed by atoms with Gasteiger partial charge in [0.25, 0.3) is 5.56 Å². The van der Waals surface area contributed by atoms with Crippen molar-refractivity contribution >= 4 is 17.3 Å². The van der Waals surface area contributed by atoms with E-state index in [1.54, 1.807) is 6.08 Å². The molecule has 0 aromatic carbocycles. The molecule has 1 N–H and O–H groups in total. The lowest BCUT2D eigenvalue weighted by molar-refractivity contribution is 0.653. The second kappa shape index (κ2) is 5.23. The van der Waals surface area contributed by atoms with Crippen molar-refractivity contribution in [3.63, 3.8) is 0 Å². The molecule has 0 saturated heterocycles. The molecule has 0 unspecified atom stereocenters. The Morgan fingerprint density at radius 1 is 1.80 bits per heavy atom. The fraction of sp³-hybridized carbons (Fsp3) is 0.200. The molecule has 1 aromatic heterocycles. The quantitative estimate of drug-likeness (QED) is 0.615. The molecule has 0 radical (unpaired) electrons. The van der Waals surface area contributed by atoms with Gasteiger partial charge in [0.05, 0.1) is 25.0 Å². The number of nitrogens with zero attached hydrogens (tertiary/aromatic N) is 2. The lowest BCUT2D eigenvalue weighted by atomic mass is 10.4. The van der Waals surface area contributed by atoms with Gasteiger partial charge >= 0.3 is 0 Å². The van der Waals surface area contributed by atoms with Gasteiger partial charge in [-0.15, -0.1) is 13.0 Å². The van der Waals surface area contributed by atoms with E-state index in [0.29, 0.717) is 18.8 Å². The molecule has 0 aliphatic heterocycles. The van der Waals surface area contributed by atoms with Crippen LogP contribution in [0.5, 0.6) is 0 Å². The fourth-order valence-corrected chi connectivity index (χ4v) is 1.20. The summed E-state index contributed by atoms with van der Waals surface area (Å²) in [7, 11) is 0. The molecule has 4 nitrogen and oxygen atoms in total. The number of rotatable bonds is 4. The molecule has 0 bridgehead atoms. The van der Waals surface area contributed by atoms with Crippen LogP contribution in [0.3, 0.4) is 0 Å². The Bertz CT molecular complexity index is 459. The summed E-state index contributed by atoms with van der Waals surface area (Å²) in [4.78, 5) is 11.6. The van der Waals surface area contributed by atoms with E-state index in [4.69, 9.17) is 18.0 Å². The van der Waals surface area contributed by atoms with Crippen LogP contribution in [0, 0.1) is 12.3 Å². The van der Waals surface area contributed by atoms with Crippen LogP contribution in [0.15, 0.2) is 23.6 Å². The number of nitrogens with one attached hydrogen (secondary N) is 1. The topological polar surface area (TPSA) is 46.9 Å². The predicted molar refractivity (Wildman–Crippen MR) is 61.0 cm³/mol. The van der Waals surface area contributed by atoms with Crippen LogP contribution in [-0.4, -0.2) is 16.3 Å². The maximum atomic E-state index is 11.6. The van der Waals surface area contributed by atoms with Gasteiger partial charge in [0, 0.05) is 0 Å². The molecule has 0 spiro atoms. The smallest absolute Gasteiger partial charge is 0.287 e. The predicted octanol–water partition coefficient (Wildman–Crippen LogP) is 1.13. The van der Waals surface area contributed by atoms with Gasteiger partial charge in [-0.3, -0.25) is 4.79 Å². The van der Waals surface area contributed by atoms with Crippen LogP contribution in [0.25, 0.3) is 0 Å². The van der Waals surface area contributed by atoms with Gasteiger partial charge < -0.3 is 5.32 Å². The minimum absolute atomic E-state index is 0.0853. The molecule has 0 amide bonds. The number of halogens is 1. The summed E-state index contributed by atoms with van der Waals surface area (Å²) in [5, 5.41) is 6.79. The van der Waals surface area contributed by atoms with Crippen molar-refractivity contribution in [3.05, 3.63) is 34.2 Å². The SMILES string of the molecule is C#CCNc1cnn(CC=C)c(=O)c1Cl. The molecule has 15 heavy (non-hydrogen) atoms. The minimum atomic E-state index is -0.362. The molecule has 0 atom stereocenters. The van der Waals surface area contributed by atoms with E-state index in [9.17, 15) is 4.79 Å². The van der Waals surface area contributed by atoms with Gasteiger partial charge in [-0.05, 0) is 0 Å². The number of terminal acetylenes is 1. The highest BCUT2D eigenvalue weighted by Crippen LogP contribution is 2.14. The largest absolute Gasteiger partial charge is 0.371 e. The van der Waals surface area contributed by atoms with Crippen molar-refractivity contribution in [1.82, 2.24) is 9.78 Å². The Balaban J connectivity index is 3.05. The van der Waals surface area contributed by atoms with Gasteiger partial charge in [0.1, 0.15) is 5.02 Å². The Kier molecular flexibility index (Phi) is 3.95. The molecule has 5 heteroatoms. The molecule has 0 aliphatic carbocycles. The number of aromatic nitrogens is 2. The third kappa shape index (κ3) is 2.61. The highest BCUT2D eigenvalue weighted by Gasteiger charge is 2.07. The third-order valence-electron chi connectivity index (χ3n) is 1.67. The van der Waals surface area contributed by atoms with Crippen molar-refractivity contribution < 1.29 is 0 Å². The average Bonchev–Trinajstić information content (AvgIpc) is 2.24. The molecular weight excluding hydrogens is 214 g/mol. The summed E-state index contributed by atoms with van der Waals surface area (Å²) in [5.74, 6) is 2.38. The molecule has 0 fully saturated rings. The average molecular weight is 224 g/mol. The zero-order chi connectivity index (χ0) is 11.3. The molecular formula is C10H10ClN3O. The van der Waals surface area contributed by atoms with Gasteiger partial charge in [0.15, 0.2) is 0 Å².